The van der Waals surface area contributed by atoms with E-state index >= 15 is 0 Å². The van der Waals surface area contributed by atoms with Crippen LogP contribution in [0, 0.1) is 5.82 Å². The average Bonchev–Trinajstić information content (AvgIpc) is 2.35. The van der Waals surface area contributed by atoms with Crippen molar-refractivity contribution in [3.05, 3.63) is 29.6 Å². The van der Waals surface area contributed by atoms with E-state index in [4.69, 9.17) is 10.5 Å². The van der Waals surface area contributed by atoms with Gasteiger partial charge < -0.3 is 10.5 Å². The number of unbranched alkanes of at least 4 members (excludes halogenated alkanes) is 4. The van der Waals surface area contributed by atoms with Gasteiger partial charge in [-0.3, -0.25) is 0 Å². The van der Waals surface area contributed by atoms with Gasteiger partial charge in [0.25, 0.3) is 0 Å². The fraction of sp³-hybridized carbons (Fsp3) is 0.571. The molecule has 1 aromatic carbocycles. The lowest BCUT2D eigenvalue weighted by molar-refractivity contribution is 0.301. The maximum atomic E-state index is 13.0. The van der Waals surface area contributed by atoms with Crippen molar-refractivity contribution in [2.75, 3.05) is 6.61 Å². The minimum absolute atomic E-state index is 0.263. The molecule has 0 aliphatic rings. The van der Waals surface area contributed by atoms with Gasteiger partial charge in [-0.25, -0.2) is 4.39 Å². The summed E-state index contributed by atoms with van der Waals surface area (Å²) in [7, 11) is 0. The Morgan fingerprint density at radius 3 is 2.65 bits per heavy atom. The maximum Gasteiger partial charge on any atom is 0.123 e. The van der Waals surface area contributed by atoms with Crippen molar-refractivity contribution in [3.63, 3.8) is 0 Å². The van der Waals surface area contributed by atoms with Crippen LogP contribution in [-0.2, 0) is 6.54 Å². The molecule has 0 spiro atoms. The van der Waals surface area contributed by atoms with Crippen LogP contribution in [0.4, 0.5) is 4.39 Å². The summed E-state index contributed by atoms with van der Waals surface area (Å²) in [6.45, 7) is 3.19. The fourth-order valence-corrected chi connectivity index (χ4v) is 1.74. The average molecular weight is 239 g/mol. The summed E-state index contributed by atoms with van der Waals surface area (Å²) in [6.07, 6.45) is 6.02. The second kappa shape index (κ2) is 8.07. The minimum Gasteiger partial charge on any atom is -0.493 e. The zero-order chi connectivity index (χ0) is 12.5. The van der Waals surface area contributed by atoms with Gasteiger partial charge in [0.05, 0.1) is 6.61 Å². The van der Waals surface area contributed by atoms with Gasteiger partial charge >= 0.3 is 0 Å². The van der Waals surface area contributed by atoms with E-state index < -0.39 is 0 Å². The summed E-state index contributed by atoms with van der Waals surface area (Å²) in [5.74, 6) is 0.449. The summed E-state index contributed by atoms with van der Waals surface area (Å²) in [4.78, 5) is 0. The molecule has 0 unspecified atom stereocenters. The summed E-state index contributed by atoms with van der Waals surface area (Å²) < 4.78 is 18.6. The Morgan fingerprint density at radius 2 is 1.94 bits per heavy atom. The number of rotatable bonds is 8. The molecule has 0 radical (unpaired) electrons. The molecular weight excluding hydrogens is 217 g/mol. The van der Waals surface area contributed by atoms with E-state index in [9.17, 15) is 4.39 Å². The monoisotopic (exact) mass is 239 g/mol. The summed E-state index contributed by atoms with van der Waals surface area (Å²) in [5, 5.41) is 0. The maximum absolute atomic E-state index is 13.0. The second-order valence-electron chi connectivity index (χ2n) is 4.22. The van der Waals surface area contributed by atoms with Crippen LogP contribution < -0.4 is 10.5 Å². The zero-order valence-electron chi connectivity index (χ0n) is 10.5. The Bertz CT molecular complexity index is 328. The summed E-state index contributed by atoms with van der Waals surface area (Å²) in [5.41, 5.74) is 6.28. The first-order valence-electron chi connectivity index (χ1n) is 6.39. The second-order valence-corrected chi connectivity index (χ2v) is 4.22. The first-order valence-corrected chi connectivity index (χ1v) is 6.39. The Kier molecular flexibility index (Phi) is 6.63. The molecule has 3 heteroatoms. The lowest BCUT2D eigenvalue weighted by atomic mass is 10.1. The Balaban J connectivity index is 2.31. The quantitative estimate of drug-likeness (QED) is 0.703. The van der Waals surface area contributed by atoms with Crippen molar-refractivity contribution < 1.29 is 9.13 Å². The molecule has 2 N–H and O–H groups in total. The largest absolute Gasteiger partial charge is 0.493 e. The standard InChI is InChI=1S/C14H22FNO/c1-2-3-4-5-6-9-17-14-8-7-13(15)10-12(14)11-16/h7-8,10H,2-6,9,11,16H2,1H3. The lowest BCUT2D eigenvalue weighted by Crippen LogP contribution is -2.04. The number of hydrogen-bond acceptors (Lipinski definition) is 2. The van der Waals surface area contributed by atoms with Crippen molar-refractivity contribution in [1.29, 1.82) is 0 Å². The van der Waals surface area contributed by atoms with Gasteiger partial charge in [-0.2, -0.15) is 0 Å². The van der Waals surface area contributed by atoms with Gasteiger partial charge in [-0.05, 0) is 24.6 Å². The normalized spacial score (nSPS) is 10.5. The highest BCUT2D eigenvalue weighted by Gasteiger charge is 2.03. The van der Waals surface area contributed by atoms with Gasteiger partial charge in [0.1, 0.15) is 11.6 Å². The lowest BCUT2D eigenvalue weighted by Gasteiger charge is -2.10. The van der Waals surface area contributed by atoms with Gasteiger partial charge in [-0.15, -0.1) is 0 Å². The molecule has 1 aromatic rings. The third-order valence-electron chi connectivity index (χ3n) is 2.75. The van der Waals surface area contributed by atoms with E-state index in [0.29, 0.717) is 18.9 Å². The predicted molar refractivity (Wildman–Crippen MR) is 68.5 cm³/mol. The van der Waals surface area contributed by atoms with Gasteiger partial charge in [0.2, 0.25) is 0 Å². The van der Waals surface area contributed by atoms with Gasteiger partial charge in [0, 0.05) is 12.1 Å². The Hall–Kier alpha value is -1.09. The van der Waals surface area contributed by atoms with Crippen molar-refractivity contribution >= 4 is 0 Å². The SMILES string of the molecule is CCCCCCCOc1ccc(F)cc1CN. The number of benzene rings is 1. The minimum atomic E-state index is -0.263. The molecule has 0 saturated carbocycles. The highest BCUT2D eigenvalue weighted by atomic mass is 19.1. The van der Waals surface area contributed by atoms with Gasteiger partial charge in [0.15, 0.2) is 0 Å². The number of ether oxygens (including phenoxy) is 1. The molecule has 2 nitrogen and oxygen atoms in total. The molecule has 0 bridgehead atoms. The van der Waals surface area contributed by atoms with Crippen molar-refractivity contribution in [3.8, 4) is 5.75 Å². The van der Waals surface area contributed by atoms with Gasteiger partial charge in [-0.1, -0.05) is 32.6 Å². The molecule has 0 amide bonds. The molecule has 0 aliphatic heterocycles. The third kappa shape index (κ3) is 5.18. The van der Waals surface area contributed by atoms with Crippen LogP contribution in [0.25, 0.3) is 0 Å². The predicted octanol–water partition coefficient (Wildman–Crippen LogP) is 3.63. The van der Waals surface area contributed by atoms with Crippen molar-refractivity contribution in [2.24, 2.45) is 5.73 Å². The highest BCUT2D eigenvalue weighted by molar-refractivity contribution is 5.33. The van der Waals surface area contributed by atoms with E-state index in [-0.39, 0.29) is 5.82 Å². The molecule has 17 heavy (non-hydrogen) atoms. The van der Waals surface area contributed by atoms with E-state index in [1.54, 1.807) is 6.07 Å². The zero-order valence-corrected chi connectivity index (χ0v) is 10.5. The smallest absolute Gasteiger partial charge is 0.123 e. The molecular formula is C14H22FNO. The topological polar surface area (TPSA) is 35.2 Å². The fourth-order valence-electron chi connectivity index (χ4n) is 1.74. The molecule has 0 saturated heterocycles. The van der Waals surface area contributed by atoms with Crippen molar-refractivity contribution in [1.82, 2.24) is 0 Å². The molecule has 96 valence electrons. The van der Waals surface area contributed by atoms with Crippen LogP contribution in [0.3, 0.4) is 0 Å². The highest BCUT2D eigenvalue weighted by Crippen LogP contribution is 2.19. The Morgan fingerprint density at radius 1 is 1.18 bits per heavy atom. The van der Waals surface area contributed by atoms with E-state index in [1.807, 2.05) is 0 Å². The van der Waals surface area contributed by atoms with Crippen LogP contribution in [0.1, 0.15) is 44.6 Å². The van der Waals surface area contributed by atoms with E-state index in [2.05, 4.69) is 6.92 Å². The van der Waals surface area contributed by atoms with Crippen LogP contribution in [0.15, 0.2) is 18.2 Å². The number of halogens is 1. The van der Waals surface area contributed by atoms with E-state index in [0.717, 1.165) is 12.0 Å². The number of hydrogen-bond donors (Lipinski definition) is 1. The summed E-state index contributed by atoms with van der Waals surface area (Å²) in [6, 6.07) is 4.50. The van der Waals surface area contributed by atoms with Crippen LogP contribution >= 0.6 is 0 Å². The van der Waals surface area contributed by atoms with Crippen LogP contribution in [0.2, 0.25) is 0 Å². The summed E-state index contributed by atoms with van der Waals surface area (Å²) >= 11 is 0. The van der Waals surface area contributed by atoms with Crippen LogP contribution in [0.5, 0.6) is 5.75 Å². The van der Waals surface area contributed by atoms with Crippen LogP contribution in [-0.4, -0.2) is 6.61 Å². The Labute approximate surface area is 103 Å². The third-order valence-corrected chi connectivity index (χ3v) is 2.75. The number of nitrogens with two attached hydrogens (primary N) is 1. The molecule has 0 fully saturated rings. The molecule has 1 rings (SSSR count). The molecule has 0 aromatic heterocycles. The first-order chi connectivity index (χ1) is 8.27. The first kappa shape index (κ1) is 14.0. The molecule has 0 aliphatic carbocycles. The van der Waals surface area contributed by atoms with E-state index in [1.165, 1.54) is 37.8 Å². The molecule has 0 heterocycles. The molecule has 0 atom stereocenters. The van der Waals surface area contributed by atoms with Crippen molar-refractivity contribution in [2.45, 2.75) is 45.6 Å².